The summed E-state index contributed by atoms with van der Waals surface area (Å²) in [5.74, 6) is 0.922. The summed E-state index contributed by atoms with van der Waals surface area (Å²) >= 11 is 4.97. The van der Waals surface area contributed by atoms with Gasteiger partial charge in [-0.2, -0.15) is 0 Å². The van der Waals surface area contributed by atoms with Gasteiger partial charge in [-0.25, -0.2) is 0 Å². The van der Waals surface area contributed by atoms with Gasteiger partial charge in [0.25, 0.3) is 0 Å². The van der Waals surface area contributed by atoms with Crippen LogP contribution in [-0.2, 0) is 4.74 Å². The fourth-order valence-corrected chi connectivity index (χ4v) is 2.22. The van der Waals surface area contributed by atoms with Crippen molar-refractivity contribution in [1.29, 1.82) is 0 Å². The molecular formula is C14H20N2O2S. The highest BCUT2D eigenvalue weighted by molar-refractivity contribution is 7.80. The number of hydrogen-bond acceptors (Lipinski definition) is 4. The minimum atomic E-state index is -0.0983. The number of ether oxygens (including phenoxy) is 2. The van der Waals surface area contributed by atoms with Gasteiger partial charge in [-0.05, 0) is 18.6 Å². The maximum Gasteiger partial charge on any atom is 0.120 e. The normalized spacial score (nSPS) is 20.1. The molecule has 2 rings (SSSR count). The lowest BCUT2D eigenvalue weighted by atomic mass is 10.2. The Bertz CT molecular complexity index is 400. The first kappa shape index (κ1) is 14.2. The van der Waals surface area contributed by atoms with E-state index in [-0.39, 0.29) is 6.10 Å². The van der Waals surface area contributed by atoms with Gasteiger partial charge in [-0.15, -0.1) is 0 Å². The van der Waals surface area contributed by atoms with Gasteiger partial charge in [0.15, 0.2) is 0 Å². The van der Waals surface area contributed by atoms with Crippen LogP contribution in [0.1, 0.15) is 6.42 Å². The summed E-state index contributed by atoms with van der Waals surface area (Å²) in [5.41, 5.74) is 5.62. The average molecular weight is 280 g/mol. The van der Waals surface area contributed by atoms with Crippen molar-refractivity contribution < 1.29 is 9.47 Å². The van der Waals surface area contributed by atoms with Crippen LogP contribution in [0.15, 0.2) is 30.3 Å². The topological polar surface area (TPSA) is 47.7 Å². The van der Waals surface area contributed by atoms with Crippen molar-refractivity contribution in [3.8, 4) is 5.75 Å². The number of nitrogens with zero attached hydrogens (tertiary/aromatic N) is 1. The lowest BCUT2D eigenvalue weighted by molar-refractivity contribution is 0.00573. The second kappa shape index (κ2) is 7.43. The Labute approximate surface area is 119 Å². The van der Waals surface area contributed by atoms with E-state index in [0.717, 1.165) is 38.4 Å². The number of benzene rings is 1. The molecule has 0 aliphatic carbocycles. The molecule has 1 aliphatic heterocycles. The van der Waals surface area contributed by atoms with Crippen LogP contribution >= 0.6 is 12.2 Å². The van der Waals surface area contributed by atoms with Gasteiger partial charge >= 0.3 is 0 Å². The van der Waals surface area contributed by atoms with E-state index in [1.54, 1.807) is 0 Å². The molecule has 0 amide bonds. The third-order valence-corrected chi connectivity index (χ3v) is 3.36. The van der Waals surface area contributed by atoms with Gasteiger partial charge in [0.2, 0.25) is 0 Å². The second-order valence-electron chi connectivity index (χ2n) is 4.58. The zero-order valence-corrected chi connectivity index (χ0v) is 11.8. The molecule has 1 aromatic carbocycles. The van der Waals surface area contributed by atoms with Crippen molar-refractivity contribution in [2.24, 2.45) is 5.73 Å². The quantitative estimate of drug-likeness (QED) is 0.631. The lowest BCUT2D eigenvalue weighted by Gasteiger charge is -2.32. The Balaban J connectivity index is 1.64. The summed E-state index contributed by atoms with van der Waals surface area (Å²) in [7, 11) is 0. The van der Waals surface area contributed by atoms with E-state index in [9.17, 15) is 0 Å². The number of para-hydroxylation sites is 1. The van der Waals surface area contributed by atoms with Crippen LogP contribution in [0.5, 0.6) is 5.75 Å². The van der Waals surface area contributed by atoms with Crippen molar-refractivity contribution in [3.63, 3.8) is 0 Å². The molecule has 1 fully saturated rings. The van der Waals surface area contributed by atoms with Gasteiger partial charge in [0.05, 0.1) is 13.2 Å². The number of thiocarbonyl (C=S) groups is 1. The molecule has 5 heteroatoms. The number of rotatable bonds is 6. The van der Waals surface area contributed by atoms with Gasteiger partial charge in [-0.1, -0.05) is 30.4 Å². The zero-order chi connectivity index (χ0) is 13.5. The summed E-state index contributed by atoms with van der Waals surface area (Å²) in [4.78, 5) is 2.77. The summed E-state index contributed by atoms with van der Waals surface area (Å²) in [6.45, 7) is 4.13. The van der Waals surface area contributed by atoms with Gasteiger partial charge < -0.3 is 15.2 Å². The lowest BCUT2D eigenvalue weighted by Crippen LogP contribution is -2.48. The van der Waals surface area contributed by atoms with Crippen LogP contribution in [0.4, 0.5) is 0 Å². The first-order valence-electron chi connectivity index (χ1n) is 6.57. The summed E-state index contributed by atoms with van der Waals surface area (Å²) in [6.07, 6.45) is 0.887. The predicted octanol–water partition coefficient (Wildman–Crippen LogP) is 1.44. The highest BCUT2D eigenvalue weighted by Gasteiger charge is 2.21. The first-order chi connectivity index (χ1) is 9.25. The first-order valence-corrected chi connectivity index (χ1v) is 6.97. The van der Waals surface area contributed by atoms with E-state index in [1.807, 2.05) is 30.3 Å². The van der Waals surface area contributed by atoms with Crippen LogP contribution < -0.4 is 10.5 Å². The molecular weight excluding hydrogens is 260 g/mol. The molecule has 2 N–H and O–H groups in total. The summed E-state index contributed by atoms with van der Waals surface area (Å²) < 4.78 is 11.2. The minimum Gasteiger partial charge on any atom is -0.494 e. The highest BCUT2D eigenvalue weighted by Crippen LogP contribution is 2.09. The summed E-state index contributed by atoms with van der Waals surface area (Å²) in [5, 5.41) is 0. The Morgan fingerprint density at radius 3 is 2.95 bits per heavy atom. The Hall–Kier alpha value is -1.17. The van der Waals surface area contributed by atoms with Crippen molar-refractivity contribution in [2.75, 3.05) is 32.8 Å². The van der Waals surface area contributed by atoms with Gasteiger partial charge in [0.1, 0.15) is 16.8 Å². The minimum absolute atomic E-state index is 0.0983. The van der Waals surface area contributed by atoms with Crippen molar-refractivity contribution >= 4 is 17.2 Å². The molecule has 0 aromatic heterocycles. The maximum absolute atomic E-state index is 5.66. The van der Waals surface area contributed by atoms with E-state index in [0.29, 0.717) is 11.6 Å². The molecule has 1 aliphatic rings. The number of hydrogen-bond donors (Lipinski definition) is 1. The van der Waals surface area contributed by atoms with E-state index in [4.69, 9.17) is 27.4 Å². The zero-order valence-electron chi connectivity index (χ0n) is 11.0. The maximum atomic E-state index is 5.66. The molecule has 1 heterocycles. The summed E-state index contributed by atoms with van der Waals surface area (Å²) in [6, 6.07) is 9.87. The molecule has 0 bridgehead atoms. The molecule has 0 radical (unpaired) electrons. The van der Waals surface area contributed by atoms with E-state index in [1.165, 1.54) is 0 Å². The predicted molar refractivity (Wildman–Crippen MR) is 79.5 cm³/mol. The smallest absolute Gasteiger partial charge is 0.120 e. The molecule has 0 saturated carbocycles. The molecule has 1 aromatic rings. The fourth-order valence-electron chi connectivity index (χ4n) is 2.07. The third-order valence-electron chi connectivity index (χ3n) is 3.10. The largest absolute Gasteiger partial charge is 0.494 e. The molecule has 104 valence electrons. The van der Waals surface area contributed by atoms with Crippen molar-refractivity contribution in [3.05, 3.63) is 30.3 Å². The third kappa shape index (κ3) is 4.78. The van der Waals surface area contributed by atoms with E-state index >= 15 is 0 Å². The fraction of sp³-hybridized carbons (Fsp3) is 0.500. The van der Waals surface area contributed by atoms with Gasteiger partial charge in [0, 0.05) is 19.6 Å². The van der Waals surface area contributed by atoms with E-state index < -0.39 is 0 Å². The van der Waals surface area contributed by atoms with Crippen molar-refractivity contribution in [1.82, 2.24) is 4.90 Å². The average Bonchev–Trinajstić information content (AvgIpc) is 2.45. The van der Waals surface area contributed by atoms with Gasteiger partial charge in [-0.3, -0.25) is 4.90 Å². The van der Waals surface area contributed by atoms with Crippen LogP contribution in [0.2, 0.25) is 0 Å². The number of nitrogens with two attached hydrogens (primary N) is 1. The van der Waals surface area contributed by atoms with Crippen LogP contribution in [0.3, 0.4) is 0 Å². The molecule has 0 spiro atoms. The monoisotopic (exact) mass is 280 g/mol. The van der Waals surface area contributed by atoms with E-state index in [2.05, 4.69) is 4.90 Å². The second-order valence-corrected chi connectivity index (χ2v) is 5.05. The van der Waals surface area contributed by atoms with Crippen LogP contribution in [0, 0.1) is 0 Å². The van der Waals surface area contributed by atoms with Crippen LogP contribution in [-0.4, -0.2) is 48.8 Å². The van der Waals surface area contributed by atoms with Crippen molar-refractivity contribution in [2.45, 2.75) is 12.5 Å². The Morgan fingerprint density at radius 2 is 2.21 bits per heavy atom. The molecule has 1 atom stereocenters. The number of morpholine rings is 1. The standard InChI is InChI=1S/C14H20N2O2S/c15-14(19)13-11-16(8-10-18-13)7-4-9-17-12-5-2-1-3-6-12/h1-3,5-6,13H,4,7-11H2,(H2,15,19). The molecule has 4 nitrogen and oxygen atoms in total. The highest BCUT2D eigenvalue weighted by atomic mass is 32.1. The molecule has 1 unspecified atom stereocenters. The molecule has 1 saturated heterocycles. The Kier molecular flexibility index (Phi) is 5.57. The SMILES string of the molecule is NC(=S)C1CN(CCCOc2ccccc2)CCO1. The molecule has 19 heavy (non-hydrogen) atoms. The van der Waals surface area contributed by atoms with Crippen LogP contribution in [0.25, 0.3) is 0 Å². The Morgan fingerprint density at radius 1 is 1.42 bits per heavy atom.